The van der Waals surface area contributed by atoms with E-state index < -0.39 is 0 Å². The fourth-order valence-corrected chi connectivity index (χ4v) is 15.0. The number of benzene rings is 15. The highest BCUT2D eigenvalue weighted by atomic mass is 16.5. The van der Waals surface area contributed by atoms with Gasteiger partial charge < -0.3 is 9.47 Å². The Balaban J connectivity index is 0.778. The van der Waals surface area contributed by atoms with Crippen molar-refractivity contribution in [2.24, 2.45) is 0 Å². The Bertz CT molecular complexity index is 5130. The standard InChI is InChI=1S/C89H70O2/c1-5-7-53-90-65-47-41-59(42-48-65)57-33-37-61(38-34-57)83-69-21-9-11-23-71(69)85(72-24-12-10-22-70(72)83)63-45-51-67-68-52-46-64(56-82(68)89(3,4)81(67)55-63)86-75-27-15-19-31-79(75)88(80-32-20-16-28-76(80)86)87-77-29-17-13-25-73(77)84(74-26-14-18-30-78(74)87)62-39-35-58(36-40-62)60-43-49-66(50-44-60)91-54-8-6-2/h9-52,55-56H,5-8,53-54H2,1-4H3. The lowest BCUT2D eigenvalue weighted by molar-refractivity contribution is 0.309. The zero-order valence-electron chi connectivity index (χ0n) is 52.1. The quantitative estimate of drug-likeness (QED) is 0.0752. The van der Waals surface area contributed by atoms with Gasteiger partial charge in [-0.25, -0.2) is 0 Å². The predicted molar refractivity (Wildman–Crippen MR) is 388 cm³/mol. The van der Waals surface area contributed by atoms with Crippen molar-refractivity contribution in [1.82, 2.24) is 0 Å². The minimum Gasteiger partial charge on any atom is -0.494 e. The van der Waals surface area contributed by atoms with Gasteiger partial charge in [-0.3, -0.25) is 0 Å². The first kappa shape index (κ1) is 55.7. The fourth-order valence-electron chi connectivity index (χ4n) is 15.0. The molecule has 0 heterocycles. The van der Waals surface area contributed by atoms with E-state index in [1.807, 2.05) is 0 Å². The van der Waals surface area contributed by atoms with Crippen molar-refractivity contribution in [3.05, 3.63) is 290 Å². The Labute approximate surface area is 533 Å². The first-order chi connectivity index (χ1) is 44.8. The summed E-state index contributed by atoms with van der Waals surface area (Å²) in [7, 11) is 0. The molecule has 0 spiro atoms. The predicted octanol–water partition coefficient (Wildman–Crippen LogP) is 24.9. The number of hydrogen-bond donors (Lipinski definition) is 0. The van der Waals surface area contributed by atoms with Crippen LogP contribution < -0.4 is 9.47 Å². The maximum absolute atomic E-state index is 6.00. The molecule has 0 N–H and O–H groups in total. The SMILES string of the molecule is CCCCOc1ccc(-c2ccc(-c3c4ccccc4c(-c4ccc5c(c4)C(C)(C)c4cc(-c6c7ccccc7c(-c7c8ccccc8c(-c8ccc(-c9ccc(OCCCC)cc9)cc8)c8ccccc78)c7ccccc67)ccc4-5)c4ccccc34)cc2)cc1. The Morgan fingerprint density at radius 1 is 0.242 bits per heavy atom. The largest absolute Gasteiger partial charge is 0.494 e. The van der Waals surface area contributed by atoms with Crippen molar-refractivity contribution in [1.29, 1.82) is 0 Å². The number of unbranched alkanes of at least 4 members (excludes halogenated alkanes) is 2. The molecule has 2 heteroatoms. The van der Waals surface area contributed by atoms with Crippen LogP contribution in [-0.4, -0.2) is 13.2 Å². The molecule has 16 rings (SSSR count). The van der Waals surface area contributed by atoms with E-state index in [1.54, 1.807) is 0 Å². The van der Waals surface area contributed by atoms with Crippen LogP contribution in [-0.2, 0) is 5.41 Å². The van der Waals surface area contributed by atoms with Crippen LogP contribution >= 0.6 is 0 Å². The number of fused-ring (bicyclic) bond motifs is 9. The molecular weight excluding hydrogens is 1100 g/mol. The number of ether oxygens (including phenoxy) is 2. The first-order valence-corrected chi connectivity index (χ1v) is 32.6. The normalized spacial score (nSPS) is 12.5. The molecule has 0 bridgehead atoms. The molecule has 15 aromatic carbocycles. The second kappa shape index (κ2) is 23.1. The zero-order valence-corrected chi connectivity index (χ0v) is 52.1. The number of rotatable bonds is 15. The van der Waals surface area contributed by atoms with Crippen LogP contribution in [0.15, 0.2) is 279 Å². The van der Waals surface area contributed by atoms with E-state index in [0.717, 1.165) is 50.4 Å². The average molecular weight is 1170 g/mol. The van der Waals surface area contributed by atoms with E-state index in [1.165, 1.54) is 165 Å². The average Bonchev–Trinajstić information content (AvgIpc) is 1.60. The van der Waals surface area contributed by atoms with E-state index >= 15 is 0 Å². The van der Waals surface area contributed by atoms with Crippen LogP contribution in [0.4, 0.5) is 0 Å². The van der Waals surface area contributed by atoms with Gasteiger partial charge >= 0.3 is 0 Å². The lowest BCUT2D eigenvalue weighted by Crippen LogP contribution is -2.15. The Hall–Kier alpha value is -10.5. The van der Waals surface area contributed by atoms with E-state index in [2.05, 4.69) is 307 Å². The molecule has 91 heavy (non-hydrogen) atoms. The molecule has 0 radical (unpaired) electrons. The fraction of sp³-hybridized carbons (Fsp3) is 0.124. The molecule has 438 valence electrons. The van der Waals surface area contributed by atoms with E-state index in [4.69, 9.17) is 9.47 Å². The molecule has 15 aromatic rings. The molecule has 0 saturated heterocycles. The highest BCUT2D eigenvalue weighted by Crippen LogP contribution is 2.55. The third kappa shape index (κ3) is 9.55. The molecule has 1 aliphatic rings. The van der Waals surface area contributed by atoms with Gasteiger partial charge in [0.1, 0.15) is 11.5 Å². The van der Waals surface area contributed by atoms with Crippen LogP contribution in [0, 0.1) is 0 Å². The molecule has 1 aliphatic carbocycles. The van der Waals surface area contributed by atoms with Gasteiger partial charge in [0.25, 0.3) is 0 Å². The minimum atomic E-state index is -0.285. The van der Waals surface area contributed by atoms with Crippen molar-refractivity contribution in [2.75, 3.05) is 13.2 Å². The van der Waals surface area contributed by atoms with Gasteiger partial charge in [-0.2, -0.15) is 0 Å². The van der Waals surface area contributed by atoms with E-state index in [0.29, 0.717) is 0 Å². The van der Waals surface area contributed by atoms with Crippen LogP contribution in [0.3, 0.4) is 0 Å². The maximum Gasteiger partial charge on any atom is 0.119 e. The van der Waals surface area contributed by atoms with Gasteiger partial charge in [-0.05, 0) is 214 Å². The summed E-state index contributed by atoms with van der Waals surface area (Å²) in [5, 5.41) is 15.0. The van der Waals surface area contributed by atoms with Gasteiger partial charge in [0.05, 0.1) is 13.2 Å². The van der Waals surface area contributed by atoms with Gasteiger partial charge in [-0.1, -0.05) is 283 Å². The van der Waals surface area contributed by atoms with Crippen LogP contribution in [0.25, 0.3) is 154 Å². The summed E-state index contributed by atoms with van der Waals surface area (Å²) in [6.07, 6.45) is 4.36. The van der Waals surface area contributed by atoms with Crippen molar-refractivity contribution < 1.29 is 9.47 Å². The lowest BCUT2D eigenvalue weighted by Gasteiger charge is -2.24. The van der Waals surface area contributed by atoms with Crippen LogP contribution in [0.1, 0.15) is 64.5 Å². The molecule has 0 fully saturated rings. The van der Waals surface area contributed by atoms with Gasteiger partial charge in [0.15, 0.2) is 0 Å². The second-order valence-corrected chi connectivity index (χ2v) is 25.3. The highest BCUT2D eigenvalue weighted by molar-refractivity contribution is 6.30. The van der Waals surface area contributed by atoms with Crippen molar-refractivity contribution in [3.63, 3.8) is 0 Å². The Kier molecular flexibility index (Phi) is 14.2. The molecular formula is C89H70O2. The third-order valence-electron chi connectivity index (χ3n) is 19.6. The van der Waals surface area contributed by atoms with Crippen LogP contribution in [0.2, 0.25) is 0 Å². The first-order valence-electron chi connectivity index (χ1n) is 32.6. The molecule has 0 atom stereocenters. The van der Waals surface area contributed by atoms with Crippen molar-refractivity contribution in [2.45, 2.75) is 58.8 Å². The van der Waals surface area contributed by atoms with Gasteiger partial charge in [0.2, 0.25) is 0 Å². The molecule has 0 amide bonds. The number of hydrogen-bond acceptors (Lipinski definition) is 2. The summed E-state index contributed by atoms with van der Waals surface area (Å²) < 4.78 is 12.0. The van der Waals surface area contributed by atoms with Crippen LogP contribution in [0.5, 0.6) is 11.5 Å². The molecule has 0 unspecified atom stereocenters. The van der Waals surface area contributed by atoms with E-state index in [-0.39, 0.29) is 5.41 Å². The summed E-state index contributed by atoms with van der Waals surface area (Å²) in [6, 6.07) is 104. The summed E-state index contributed by atoms with van der Waals surface area (Å²) >= 11 is 0. The summed E-state index contributed by atoms with van der Waals surface area (Å²) in [6.45, 7) is 10.7. The highest BCUT2D eigenvalue weighted by Gasteiger charge is 2.37. The summed E-state index contributed by atoms with van der Waals surface area (Å²) in [5.74, 6) is 1.84. The second-order valence-electron chi connectivity index (χ2n) is 25.3. The van der Waals surface area contributed by atoms with Gasteiger partial charge in [0, 0.05) is 5.41 Å². The maximum atomic E-state index is 6.00. The molecule has 0 aromatic heterocycles. The van der Waals surface area contributed by atoms with Crippen molar-refractivity contribution in [3.8, 4) is 101 Å². The lowest BCUT2D eigenvalue weighted by atomic mass is 9.78. The monoisotopic (exact) mass is 1170 g/mol. The smallest absolute Gasteiger partial charge is 0.119 e. The third-order valence-corrected chi connectivity index (χ3v) is 19.6. The molecule has 0 saturated carbocycles. The topological polar surface area (TPSA) is 18.5 Å². The Morgan fingerprint density at radius 3 is 0.725 bits per heavy atom. The minimum absolute atomic E-state index is 0.285. The molecule has 0 aliphatic heterocycles. The van der Waals surface area contributed by atoms with Gasteiger partial charge in [-0.15, -0.1) is 0 Å². The van der Waals surface area contributed by atoms with Crippen molar-refractivity contribution >= 4 is 64.6 Å². The Morgan fingerprint density at radius 2 is 0.462 bits per heavy atom. The molecule has 2 nitrogen and oxygen atoms in total. The zero-order chi connectivity index (χ0) is 61.2. The summed E-state index contributed by atoms with van der Waals surface area (Å²) in [4.78, 5) is 0. The summed E-state index contributed by atoms with van der Waals surface area (Å²) in [5.41, 5.74) is 22.2. The van der Waals surface area contributed by atoms with E-state index in [9.17, 15) is 0 Å².